The minimum atomic E-state index is -0.848. The number of hydrogen-bond donors (Lipinski definition) is 1. The van der Waals surface area contributed by atoms with E-state index in [1.165, 1.54) is 128 Å². The van der Waals surface area contributed by atoms with Gasteiger partial charge in [-0.3, -0.25) is 0 Å². The van der Waals surface area contributed by atoms with E-state index in [0.717, 1.165) is 53.6 Å². The monoisotopic (exact) mass is 699 g/mol. The van der Waals surface area contributed by atoms with Gasteiger partial charge in [0.25, 0.3) is 5.97 Å². The zero-order valence-corrected chi connectivity index (χ0v) is 33.0. The van der Waals surface area contributed by atoms with E-state index in [1.807, 2.05) is 20.8 Å². The van der Waals surface area contributed by atoms with Gasteiger partial charge >= 0.3 is 0 Å². The van der Waals surface area contributed by atoms with Gasteiger partial charge in [-0.2, -0.15) is 15.0 Å². The molecule has 276 valence electrons. The standard InChI is InChI=1S/C38H74N4O3S2/c1-6-11-13-15-25-29-33-46-36-40-35(41-37(42-36)47-34-30-26-16-14-12-7-2)39-32-28-24-22-20-18-17-19-21-23-27-31-38(43-8-3,44-9-4)45-10-5/h6-34H2,1-5H3,(H,39,40,41,42). The number of thioether (sulfide) groups is 2. The molecular weight excluding hydrogens is 625 g/mol. The van der Waals surface area contributed by atoms with Gasteiger partial charge in [0.15, 0.2) is 10.3 Å². The maximum Gasteiger partial charge on any atom is 0.282 e. The zero-order valence-electron chi connectivity index (χ0n) is 31.4. The topological polar surface area (TPSA) is 78.4 Å². The maximum atomic E-state index is 5.85. The molecule has 0 unspecified atom stereocenters. The number of aromatic nitrogens is 3. The van der Waals surface area contributed by atoms with Crippen molar-refractivity contribution < 1.29 is 14.2 Å². The van der Waals surface area contributed by atoms with Crippen LogP contribution in [0.2, 0.25) is 0 Å². The molecule has 47 heavy (non-hydrogen) atoms. The summed E-state index contributed by atoms with van der Waals surface area (Å²) in [4.78, 5) is 14.4. The van der Waals surface area contributed by atoms with Crippen molar-refractivity contribution in [3.63, 3.8) is 0 Å². The average Bonchev–Trinajstić information content (AvgIpc) is 3.06. The summed E-state index contributed by atoms with van der Waals surface area (Å²) in [5, 5.41) is 5.30. The lowest BCUT2D eigenvalue weighted by Gasteiger charge is -2.32. The van der Waals surface area contributed by atoms with Gasteiger partial charge in [-0.15, -0.1) is 0 Å². The lowest BCUT2D eigenvalue weighted by molar-refractivity contribution is -0.380. The Hall–Kier alpha value is -0.610. The number of rotatable bonds is 36. The van der Waals surface area contributed by atoms with Crippen molar-refractivity contribution in [1.82, 2.24) is 15.0 Å². The van der Waals surface area contributed by atoms with Crippen LogP contribution >= 0.6 is 23.5 Å². The lowest BCUT2D eigenvalue weighted by Crippen LogP contribution is -2.39. The van der Waals surface area contributed by atoms with E-state index in [2.05, 4.69) is 19.2 Å². The Balaban J connectivity index is 2.28. The molecule has 0 aliphatic heterocycles. The number of anilines is 1. The highest BCUT2D eigenvalue weighted by atomic mass is 32.2. The highest BCUT2D eigenvalue weighted by Crippen LogP contribution is 2.25. The molecule has 0 amide bonds. The molecule has 1 heterocycles. The van der Waals surface area contributed by atoms with Crippen LogP contribution in [0.1, 0.15) is 182 Å². The van der Waals surface area contributed by atoms with E-state index < -0.39 is 5.97 Å². The van der Waals surface area contributed by atoms with Gasteiger partial charge in [0.2, 0.25) is 5.95 Å². The number of hydrogen-bond acceptors (Lipinski definition) is 9. The molecule has 0 aliphatic rings. The third kappa shape index (κ3) is 25.1. The van der Waals surface area contributed by atoms with Crippen molar-refractivity contribution in [2.75, 3.05) is 43.2 Å². The van der Waals surface area contributed by atoms with E-state index >= 15 is 0 Å². The first kappa shape index (κ1) is 44.4. The van der Waals surface area contributed by atoms with Crippen LogP contribution in [0.15, 0.2) is 10.3 Å². The van der Waals surface area contributed by atoms with Crippen molar-refractivity contribution in [3.05, 3.63) is 0 Å². The maximum absolute atomic E-state index is 5.85. The van der Waals surface area contributed by atoms with Gasteiger partial charge in [-0.1, -0.05) is 153 Å². The SMILES string of the molecule is CCCCCCCCSc1nc(NCCCCCCCCCCCCC(OCC)(OCC)OCC)nc(SCCCCCCCC)n1. The highest BCUT2D eigenvalue weighted by molar-refractivity contribution is 7.99. The van der Waals surface area contributed by atoms with Gasteiger partial charge in [0.1, 0.15) is 0 Å². The van der Waals surface area contributed by atoms with Crippen LogP contribution < -0.4 is 5.32 Å². The van der Waals surface area contributed by atoms with Crippen LogP contribution in [0.4, 0.5) is 5.95 Å². The quantitative estimate of drug-likeness (QED) is 0.0418. The third-order valence-corrected chi connectivity index (χ3v) is 10.2. The lowest BCUT2D eigenvalue weighted by atomic mass is 10.1. The van der Waals surface area contributed by atoms with Gasteiger partial charge in [-0.05, 0) is 46.5 Å². The summed E-state index contributed by atoms with van der Waals surface area (Å²) in [5.41, 5.74) is 0. The van der Waals surface area contributed by atoms with Crippen LogP contribution in [-0.2, 0) is 14.2 Å². The second kappa shape index (κ2) is 32.6. The van der Waals surface area contributed by atoms with Gasteiger partial charge in [0, 0.05) is 44.3 Å². The van der Waals surface area contributed by atoms with Crippen molar-refractivity contribution in [2.45, 2.75) is 199 Å². The normalized spacial score (nSPS) is 11.9. The van der Waals surface area contributed by atoms with Crippen LogP contribution in [-0.4, -0.2) is 58.8 Å². The Labute approximate surface area is 299 Å². The number of ether oxygens (including phenoxy) is 3. The first-order valence-electron chi connectivity index (χ1n) is 19.8. The summed E-state index contributed by atoms with van der Waals surface area (Å²) in [6.07, 6.45) is 29.2. The average molecular weight is 699 g/mol. The molecule has 0 saturated carbocycles. The van der Waals surface area contributed by atoms with E-state index in [-0.39, 0.29) is 0 Å². The molecule has 1 aromatic rings. The fourth-order valence-corrected chi connectivity index (χ4v) is 7.44. The minimum absolute atomic E-state index is 0.604. The van der Waals surface area contributed by atoms with Crippen molar-refractivity contribution in [2.24, 2.45) is 0 Å². The number of nitrogens with one attached hydrogen (secondary N) is 1. The Kier molecular flexibility index (Phi) is 30.8. The van der Waals surface area contributed by atoms with E-state index in [1.54, 1.807) is 23.5 Å². The molecular formula is C38H74N4O3S2. The highest BCUT2D eigenvalue weighted by Gasteiger charge is 2.31. The van der Waals surface area contributed by atoms with Crippen molar-refractivity contribution in [3.8, 4) is 0 Å². The van der Waals surface area contributed by atoms with Gasteiger partial charge < -0.3 is 19.5 Å². The Bertz CT molecular complexity index is 768. The third-order valence-electron chi connectivity index (χ3n) is 8.34. The molecule has 1 rings (SSSR count). The fraction of sp³-hybridized carbons (Fsp3) is 0.921. The molecule has 0 radical (unpaired) electrons. The van der Waals surface area contributed by atoms with Crippen molar-refractivity contribution >= 4 is 29.5 Å². The molecule has 7 nitrogen and oxygen atoms in total. The summed E-state index contributed by atoms with van der Waals surface area (Å²) in [5.74, 6) is 2.10. The molecule has 0 saturated heterocycles. The van der Waals surface area contributed by atoms with Gasteiger partial charge in [0.05, 0.1) is 0 Å². The molecule has 1 N–H and O–H groups in total. The molecule has 0 bridgehead atoms. The summed E-state index contributed by atoms with van der Waals surface area (Å²) in [6.45, 7) is 13.3. The van der Waals surface area contributed by atoms with Crippen LogP contribution in [0.5, 0.6) is 0 Å². The summed E-state index contributed by atoms with van der Waals surface area (Å²) in [7, 11) is 0. The van der Waals surface area contributed by atoms with Crippen LogP contribution in [0, 0.1) is 0 Å². The Morgan fingerprint density at radius 2 is 0.851 bits per heavy atom. The van der Waals surface area contributed by atoms with Gasteiger partial charge in [-0.25, -0.2) is 0 Å². The molecule has 0 aliphatic carbocycles. The predicted octanol–water partition coefficient (Wildman–Crippen LogP) is 12.2. The first-order chi connectivity index (χ1) is 23.1. The van der Waals surface area contributed by atoms with Crippen LogP contribution in [0.25, 0.3) is 0 Å². The Morgan fingerprint density at radius 3 is 1.28 bits per heavy atom. The summed E-state index contributed by atoms with van der Waals surface area (Å²) >= 11 is 3.60. The van der Waals surface area contributed by atoms with E-state index in [9.17, 15) is 0 Å². The fourth-order valence-electron chi connectivity index (χ4n) is 5.72. The molecule has 0 spiro atoms. The molecule has 9 heteroatoms. The zero-order chi connectivity index (χ0) is 34.1. The largest absolute Gasteiger partial charge is 0.354 e. The molecule has 0 fully saturated rings. The molecule has 1 aromatic heterocycles. The summed E-state index contributed by atoms with van der Waals surface area (Å²) < 4.78 is 17.5. The summed E-state index contributed by atoms with van der Waals surface area (Å²) in [6, 6.07) is 0. The smallest absolute Gasteiger partial charge is 0.282 e. The molecule has 0 aromatic carbocycles. The molecule has 0 atom stereocenters. The second-order valence-electron chi connectivity index (χ2n) is 12.7. The minimum Gasteiger partial charge on any atom is -0.354 e. The number of unbranched alkanes of at least 4 members (excludes halogenated alkanes) is 19. The van der Waals surface area contributed by atoms with E-state index in [4.69, 9.17) is 29.2 Å². The van der Waals surface area contributed by atoms with E-state index in [0.29, 0.717) is 19.8 Å². The van der Waals surface area contributed by atoms with Crippen LogP contribution in [0.3, 0.4) is 0 Å². The van der Waals surface area contributed by atoms with Crippen molar-refractivity contribution in [1.29, 1.82) is 0 Å². The Morgan fingerprint density at radius 1 is 0.468 bits per heavy atom. The number of nitrogens with zero attached hydrogens (tertiary/aromatic N) is 3. The second-order valence-corrected chi connectivity index (χ2v) is 14.8. The predicted molar refractivity (Wildman–Crippen MR) is 205 cm³/mol. The first-order valence-corrected chi connectivity index (χ1v) is 21.8.